The summed E-state index contributed by atoms with van der Waals surface area (Å²) in [6, 6.07) is 3.67. The molecular formula is C13H12N2O3. The van der Waals surface area contributed by atoms with Crippen molar-refractivity contribution < 1.29 is 14.2 Å². The first kappa shape index (κ1) is 10.8. The highest BCUT2D eigenvalue weighted by atomic mass is 16.7. The number of rotatable bonds is 2. The van der Waals surface area contributed by atoms with Crippen molar-refractivity contribution in [2.24, 2.45) is 0 Å². The number of hydrogen-bond acceptors (Lipinski definition) is 5. The smallest absolute Gasteiger partial charge is 0.231 e. The Kier molecular flexibility index (Phi) is 2.51. The number of aryl methyl sites for hydroxylation is 1. The van der Waals surface area contributed by atoms with E-state index in [0.29, 0.717) is 17.2 Å². The summed E-state index contributed by atoms with van der Waals surface area (Å²) in [6.45, 7) is 2.14. The van der Waals surface area contributed by atoms with Gasteiger partial charge >= 0.3 is 0 Å². The molecule has 0 aliphatic carbocycles. The molecule has 92 valence electrons. The Bertz CT molecular complexity index is 599. The first-order valence-corrected chi connectivity index (χ1v) is 5.54. The van der Waals surface area contributed by atoms with E-state index in [1.807, 2.05) is 19.1 Å². The third kappa shape index (κ3) is 1.73. The average Bonchev–Trinajstić information content (AvgIpc) is 2.84. The Morgan fingerprint density at radius 1 is 1.17 bits per heavy atom. The van der Waals surface area contributed by atoms with E-state index in [4.69, 9.17) is 14.2 Å². The largest absolute Gasteiger partial charge is 0.496 e. The van der Waals surface area contributed by atoms with Crippen LogP contribution in [-0.4, -0.2) is 23.9 Å². The van der Waals surface area contributed by atoms with E-state index in [-0.39, 0.29) is 6.79 Å². The molecule has 5 nitrogen and oxygen atoms in total. The lowest BCUT2D eigenvalue weighted by atomic mass is 10.1. The minimum absolute atomic E-state index is 0.238. The van der Waals surface area contributed by atoms with Crippen molar-refractivity contribution in [1.29, 1.82) is 0 Å². The number of fused-ring (bicyclic) bond motifs is 1. The number of methoxy groups -OCH3 is 1. The van der Waals surface area contributed by atoms with Crippen molar-refractivity contribution in [1.82, 2.24) is 9.97 Å². The summed E-state index contributed by atoms with van der Waals surface area (Å²) < 4.78 is 16.0. The fourth-order valence-electron chi connectivity index (χ4n) is 1.89. The Morgan fingerprint density at radius 2 is 1.94 bits per heavy atom. The third-order valence-electron chi connectivity index (χ3n) is 2.73. The molecular weight excluding hydrogens is 232 g/mol. The molecule has 5 heteroatoms. The summed E-state index contributed by atoms with van der Waals surface area (Å²) in [5, 5.41) is 0. The lowest BCUT2D eigenvalue weighted by Crippen LogP contribution is -1.93. The Morgan fingerprint density at radius 3 is 2.67 bits per heavy atom. The van der Waals surface area contributed by atoms with Crippen LogP contribution in [0.5, 0.6) is 17.2 Å². The van der Waals surface area contributed by atoms with Crippen molar-refractivity contribution in [3.63, 3.8) is 0 Å². The van der Waals surface area contributed by atoms with Crippen molar-refractivity contribution in [3.8, 4) is 28.5 Å². The molecule has 0 saturated carbocycles. The summed E-state index contributed by atoms with van der Waals surface area (Å²) in [4.78, 5) is 8.58. The standard InChI is InChI=1S/C13H12N2O3/c1-8-5-14-6-10(15-8)9-3-12-13(18-7-17-12)4-11(9)16-2/h3-6H,7H2,1-2H3. The SMILES string of the molecule is COc1cc2c(cc1-c1cncc(C)n1)OCO2. The lowest BCUT2D eigenvalue weighted by Gasteiger charge is -2.09. The molecule has 1 aromatic heterocycles. The molecule has 0 bridgehead atoms. The molecule has 0 amide bonds. The molecule has 1 aromatic carbocycles. The van der Waals surface area contributed by atoms with Gasteiger partial charge in [0.05, 0.1) is 24.7 Å². The first-order chi connectivity index (χ1) is 8.78. The molecule has 2 heterocycles. The minimum Gasteiger partial charge on any atom is -0.496 e. The van der Waals surface area contributed by atoms with E-state index in [9.17, 15) is 0 Å². The van der Waals surface area contributed by atoms with Crippen LogP contribution in [0.25, 0.3) is 11.3 Å². The van der Waals surface area contributed by atoms with Gasteiger partial charge in [-0.15, -0.1) is 0 Å². The highest BCUT2D eigenvalue weighted by molar-refractivity contribution is 5.71. The van der Waals surface area contributed by atoms with Crippen LogP contribution >= 0.6 is 0 Å². The molecule has 0 spiro atoms. The molecule has 1 aliphatic rings. The van der Waals surface area contributed by atoms with Gasteiger partial charge in [-0.25, -0.2) is 4.98 Å². The van der Waals surface area contributed by atoms with Crippen LogP contribution in [0.15, 0.2) is 24.5 Å². The highest BCUT2D eigenvalue weighted by Gasteiger charge is 2.19. The van der Waals surface area contributed by atoms with Gasteiger partial charge < -0.3 is 14.2 Å². The molecule has 0 N–H and O–H groups in total. The number of hydrogen-bond donors (Lipinski definition) is 0. The Balaban J connectivity index is 2.16. The van der Waals surface area contributed by atoms with Crippen molar-refractivity contribution in [2.75, 3.05) is 13.9 Å². The van der Waals surface area contributed by atoms with E-state index >= 15 is 0 Å². The fourth-order valence-corrected chi connectivity index (χ4v) is 1.89. The van der Waals surface area contributed by atoms with Crippen molar-refractivity contribution >= 4 is 0 Å². The van der Waals surface area contributed by atoms with Crippen LogP contribution in [0.2, 0.25) is 0 Å². The van der Waals surface area contributed by atoms with Gasteiger partial charge in [-0.05, 0) is 13.0 Å². The fraction of sp³-hybridized carbons (Fsp3) is 0.231. The zero-order valence-electron chi connectivity index (χ0n) is 10.1. The van der Waals surface area contributed by atoms with Crippen molar-refractivity contribution in [2.45, 2.75) is 6.92 Å². The maximum absolute atomic E-state index is 5.36. The van der Waals surface area contributed by atoms with Crippen LogP contribution in [0.3, 0.4) is 0 Å². The molecule has 0 fully saturated rings. The maximum atomic E-state index is 5.36. The number of ether oxygens (including phenoxy) is 3. The monoisotopic (exact) mass is 244 g/mol. The topological polar surface area (TPSA) is 53.5 Å². The average molecular weight is 244 g/mol. The minimum atomic E-state index is 0.238. The predicted molar refractivity (Wildman–Crippen MR) is 64.9 cm³/mol. The van der Waals surface area contributed by atoms with Gasteiger partial charge in [-0.2, -0.15) is 0 Å². The van der Waals surface area contributed by atoms with Gasteiger partial charge in [-0.3, -0.25) is 4.98 Å². The van der Waals surface area contributed by atoms with Crippen LogP contribution < -0.4 is 14.2 Å². The molecule has 0 saturated heterocycles. The van der Waals surface area contributed by atoms with E-state index in [0.717, 1.165) is 17.0 Å². The zero-order valence-corrected chi connectivity index (χ0v) is 10.1. The summed E-state index contributed by atoms with van der Waals surface area (Å²) >= 11 is 0. The zero-order chi connectivity index (χ0) is 12.5. The quantitative estimate of drug-likeness (QED) is 0.810. The first-order valence-electron chi connectivity index (χ1n) is 5.54. The molecule has 1 aliphatic heterocycles. The van der Waals surface area contributed by atoms with Gasteiger partial charge in [0.25, 0.3) is 0 Å². The normalized spacial score (nSPS) is 12.6. The number of nitrogens with zero attached hydrogens (tertiary/aromatic N) is 2. The van der Waals surface area contributed by atoms with Crippen LogP contribution in [0, 0.1) is 6.92 Å². The summed E-state index contributed by atoms with van der Waals surface area (Å²) in [7, 11) is 1.62. The predicted octanol–water partition coefficient (Wildman–Crippen LogP) is 2.19. The van der Waals surface area contributed by atoms with Gasteiger partial charge in [0, 0.05) is 17.8 Å². The van der Waals surface area contributed by atoms with Gasteiger partial charge in [0.1, 0.15) is 5.75 Å². The van der Waals surface area contributed by atoms with Crippen LogP contribution in [-0.2, 0) is 0 Å². The van der Waals surface area contributed by atoms with Gasteiger partial charge in [0.2, 0.25) is 6.79 Å². The third-order valence-corrected chi connectivity index (χ3v) is 2.73. The second-order valence-corrected chi connectivity index (χ2v) is 3.95. The Hall–Kier alpha value is -2.30. The van der Waals surface area contributed by atoms with Crippen LogP contribution in [0.1, 0.15) is 5.69 Å². The van der Waals surface area contributed by atoms with E-state index in [2.05, 4.69) is 9.97 Å². The number of benzene rings is 1. The molecule has 0 atom stereocenters. The van der Waals surface area contributed by atoms with E-state index < -0.39 is 0 Å². The van der Waals surface area contributed by atoms with E-state index in [1.165, 1.54) is 0 Å². The molecule has 3 rings (SSSR count). The molecule has 2 aromatic rings. The molecule has 0 radical (unpaired) electrons. The van der Waals surface area contributed by atoms with Gasteiger partial charge in [-0.1, -0.05) is 0 Å². The lowest BCUT2D eigenvalue weighted by molar-refractivity contribution is 0.174. The van der Waals surface area contributed by atoms with Gasteiger partial charge in [0.15, 0.2) is 11.5 Å². The number of aromatic nitrogens is 2. The second kappa shape index (κ2) is 4.18. The summed E-state index contributed by atoms with van der Waals surface area (Å²) in [5.74, 6) is 2.09. The van der Waals surface area contributed by atoms with Crippen LogP contribution in [0.4, 0.5) is 0 Å². The highest BCUT2D eigenvalue weighted by Crippen LogP contribution is 2.41. The molecule has 18 heavy (non-hydrogen) atoms. The Labute approximate surface area is 104 Å². The second-order valence-electron chi connectivity index (χ2n) is 3.95. The van der Waals surface area contributed by atoms with Crippen molar-refractivity contribution in [3.05, 3.63) is 30.2 Å². The van der Waals surface area contributed by atoms with E-state index in [1.54, 1.807) is 19.5 Å². The molecule has 0 unspecified atom stereocenters. The summed E-state index contributed by atoms with van der Waals surface area (Å²) in [6.07, 6.45) is 3.41. The summed E-state index contributed by atoms with van der Waals surface area (Å²) in [5.41, 5.74) is 2.45. The maximum Gasteiger partial charge on any atom is 0.231 e.